The van der Waals surface area contributed by atoms with Gasteiger partial charge in [-0.2, -0.15) is 0 Å². The molecule has 1 unspecified atom stereocenters. The molecule has 1 atom stereocenters. The first-order valence-electron chi connectivity index (χ1n) is 9.26. The smallest absolute Gasteiger partial charge is 0.238 e. The molecular weight excluding hydrogens is 316 g/mol. The van der Waals surface area contributed by atoms with Gasteiger partial charge in [0.15, 0.2) is 0 Å². The van der Waals surface area contributed by atoms with Crippen LogP contribution in [0.15, 0.2) is 18.2 Å². The fourth-order valence-corrected chi connectivity index (χ4v) is 3.47. The van der Waals surface area contributed by atoms with E-state index in [4.69, 9.17) is 0 Å². The third kappa shape index (κ3) is 5.03. The van der Waals surface area contributed by atoms with E-state index >= 15 is 0 Å². The number of likely N-dealkylation sites (tertiary alicyclic amines) is 1. The first kappa shape index (κ1) is 17.9. The van der Waals surface area contributed by atoms with Crippen LogP contribution < -0.4 is 16.0 Å². The Hall–Kier alpha value is -1.92. The molecule has 25 heavy (non-hydrogen) atoms. The number of rotatable bonds is 5. The summed E-state index contributed by atoms with van der Waals surface area (Å²) in [5.41, 5.74) is 2.49. The molecule has 2 heterocycles. The second kappa shape index (κ2) is 8.45. The van der Waals surface area contributed by atoms with Crippen molar-refractivity contribution < 1.29 is 9.59 Å². The van der Waals surface area contributed by atoms with Gasteiger partial charge in [0.25, 0.3) is 0 Å². The van der Waals surface area contributed by atoms with E-state index in [1.54, 1.807) is 0 Å². The van der Waals surface area contributed by atoms with Gasteiger partial charge in [0.05, 0.1) is 12.5 Å². The van der Waals surface area contributed by atoms with Crippen LogP contribution in [0.25, 0.3) is 0 Å². The van der Waals surface area contributed by atoms with Gasteiger partial charge in [-0.25, -0.2) is 0 Å². The van der Waals surface area contributed by atoms with Gasteiger partial charge in [-0.3, -0.25) is 14.5 Å². The van der Waals surface area contributed by atoms with Crippen molar-refractivity contribution in [2.24, 2.45) is 5.92 Å². The van der Waals surface area contributed by atoms with E-state index in [0.29, 0.717) is 6.54 Å². The van der Waals surface area contributed by atoms with E-state index in [1.807, 2.05) is 25.1 Å². The maximum atomic E-state index is 12.3. The highest BCUT2D eigenvalue weighted by Gasteiger charge is 2.22. The van der Waals surface area contributed by atoms with Crippen molar-refractivity contribution in [3.05, 3.63) is 23.8 Å². The van der Waals surface area contributed by atoms with Crippen LogP contribution in [0.1, 0.15) is 31.2 Å². The van der Waals surface area contributed by atoms with Crippen molar-refractivity contribution in [1.82, 2.24) is 10.2 Å². The van der Waals surface area contributed by atoms with Gasteiger partial charge in [0, 0.05) is 17.9 Å². The molecule has 3 N–H and O–H groups in total. The lowest BCUT2D eigenvalue weighted by Crippen LogP contribution is -2.36. The van der Waals surface area contributed by atoms with Crippen LogP contribution in [0.4, 0.5) is 11.4 Å². The number of carbonyl (C=O) groups excluding carboxylic acids is 2. The van der Waals surface area contributed by atoms with Gasteiger partial charge in [-0.1, -0.05) is 12.5 Å². The highest BCUT2D eigenvalue weighted by molar-refractivity contribution is 5.96. The Labute approximate surface area is 149 Å². The van der Waals surface area contributed by atoms with Gasteiger partial charge in [-0.15, -0.1) is 0 Å². The minimum atomic E-state index is 0.00784. The Kier molecular flexibility index (Phi) is 6.04. The molecule has 136 valence electrons. The number of nitrogens with one attached hydrogen (secondary N) is 3. The highest BCUT2D eigenvalue weighted by Crippen LogP contribution is 2.22. The second-order valence-electron chi connectivity index (χ2n) is 7.09. The Bertz CT molecular complexity index is 620. The van der Waals surface area contributed by atoms with Gasteiger partial charge < -0.3 is 16.0 Å². The van der Waals surface area contributed by atoms with Crippen molar-refractivity contribution in [3.63, 3.8) is 0 Å². The van der Waals surface area contributed by atoms with Crippen molar-refractivity contribution in [2.45, 2.75) is 32.6 Å². The Morgan fingerprint density at radius 3 is 2.72 bits per heavy atom. The summed E-state index contributed by atoms with van der Waals surface area (Å²) in [7, 11) is 0. The van der Waals surface area contributed by atoms with Gasteiger partial charge in [-0.05, 0) is 63.5 Å². The Morgan fingerprint density at radius 1 is 1.20 bits per heavy atom. The van der Waals surface area contributed by atoms with Gasteiger partial charge in [0.1, 0.15) is 0 Å². The standard InChI is InChI=1S/C19H28N4O2/c1-14-5-6-16(21-19(25)15-7-8-20-12-15)11-17(14)22-18(24)13-23-9-3-2-4-10-23/h5-6,11,15,20H,2-4,7-10,12-13H2,1H3,(H,21,25)(H,22,24). The van der Waals surface area contributed by atoms with E-state index in [2.05, 4.69) is 20.9 Å². The summed E-state index contributed by atoms with van der Waals surface area (Å²) in [5, 5.41) is 9.16. The summed E-state index contributed by atoms with van der Waals surface area (Å²) >= 11 is 0. The fourth-order valence-electron chi connectivity index (χ4n) is 3.47. The van der Waals surface area contributed by atoms with Crippen LogP contribution in [0.5, 0.6) is 0 Å². The van der Waals surface area contributed by atoms with Crippen molar-refractivity contribution in [3.8, 4) is 0 Å². The lowest BCUT2D eigenvalue weighted by molar-refractivity contribution is -0.119. The maximum Gasteiger partial charge on any atom is 0.238 e. The Morgan fingerprint density at radius 2 is 2.00 bits per heavy atom. The number of piperidine rings is 1. The van der Waals surface area contributed by atoms with Crippen LogP contribution in [-0.2, 0) is 9.59 Å². The minimum Gasteiger partial charge on any atom is -0.326 e. The predicted molar refractivity (Wildman–Crippen MR) is 99.7 cm³/mol. The van der Waals surface area contributed by atoms with E-state index in [0.717, 1.165) is 49.5 Å². The molecule has 6 heteroatoms. The second-order valence-corrected chi connectivity index (χ2v) is 7.09. The average Bonchev–Trinajstić information content (AvgIpc) is 3.13. The topological polar surface area (TPSA) is 73.5 Å². The summed E-state index contributed by atoms with van der Waals surface area (Å²) in [4.78, 5) is 26.8. The molecular formula is C19H28N4O2. The lowest BCUT2D eigenvalue weighted by atomic mass is 10.1. The largest absolute Gasteiger partial charge is 0.326 e. The molecule has 3 rings (SSSR count). The highest BCUT2D eigenvalue weighted by atomic mass is 16.2. The zero-order valence-electron chi connectivity index (χ0n) is 14.9. The molecule has 0 bridgehead atoms. The zero-order chi connectivity index (χ0) is 17.6. The number of aryl methyl sites for hydroxylation is 1. The molecule has 2 amide bonds. The summed E-state index contributed by atoms with van der Waals surface area (Å²) < 4.78 is 0. The molecule has 6 nitrogen and oxygen atoms in total. The number of amides is 2. The Balaban J connectivity index is 1.58. The number of anilines is 2. The van der Waals surface area contributed by atoms with Gasteiger partial charge >= 0.3 is 0 Å². The van der Waals surface area contributed by atoms with Crippen LogP contribution in [0.2, 0.25) is 0 Å². The van der Waals surface area contributed by atoms with Crippen LogP contribution in [-0.4, -0.2) is 49.4 Å². The number of benzene rings is 1. The quantitative estimate of drug-likeness (QED) is 0.763. The zero-order valence-corrected chi connectivity index (χ0v) is 14.9. The molecule has 0 saturated carbocycles. The van der Waals surface area contributed by atoms with Gasteiger partial charge in [0.2, 0.25) is 11.8 Å². The van der Waals surface area contributed by atoms with E-state index in [-0.39, 0.29) is 17.7 Å². The summed E-state index contributed by atoms with van der Waals surface area (Å²) in [6.07, 6.45) is 4.47. The summed E-state index contributed by atoms with van der Waals surface area (Å²) in [5.74, 6) is 0.0753. The number of hydrogen-bond acceptors (Lipinski definition) is 4. The summed E-state index contributed by atoms with van der Waals surface area (Å²) in [6, 6.07) is 5.67. The molecule has 0 radical (unpaired) electrons. The number of hydrogen-bond donors (Lipinski definition) is 3. The normalized spacial score (nSPS) is 21.1. The van der Waals surface area contributed by atoms with Crippen LogP contribution in [0, 0.1) is 12.8 Å². The summed E-state index contributed by atoms with van der Waals surface area (Å²) in [6.45, 7) is 6.02. The molecule has 2 fully saturated rings. The third-order valence-corrected chi connectivity index (χ3v) is 5.03. The van der Waals surface area contributed by atoms with E-state index in [9.17, 15) is 9.59 Å². The van der Waals surface area contributed by atoms with Crippen LogP contribution in [0.3, 0.4) is 0 Å². The molecule has 2 saturated heterocycles. The minimum absolute atomic E-state index is 0.00784. The molecule has 0 aromatic heterocycles. The molecule has 0 aliphatic carbocycles. The number of nitrogens with zero attached hydrogens (tertiary/aromatic N) is 1. The maximum absolute atomic E-state index is 12.3. The van der Waals surface area contributed by atoms with Crippen molar-refractivity contribution >= 4 is 23.2 Å². The molecule has 0 spiro atoms. The first-order valence-corrected chi connectivity index (χ1v) is 9.26. The molecule has 2 aliphatic heterocycles. The molecule has 2 aliphatic rings. The SMILES string of the molecule is Cc1ccc(NC(=O)C2CCNC2)cc1NC(=O)CN1CCCCC1. The third-order valence-electron chi connectivity index (χ3n) is 5.03. The fraction of sp³-hybridized carbons (Fsp3) is 0.579. The molecule has 1 aromatic rings. The van der Waals surface area contributed by atoms with E-state index in [1.165, 1.54) is 19.3 Å². The number of carbonyl (C=O) groups is 2. The van der Waals surface area contributed by atoms with Crippen molar-refractivity contribution in [2.75, 3.05) is 43.4 Å². The first-order chi connectivity index (χ1) is 12.1. The molecule has 1 aromatic carbocycles. The monoisotopic (exact) mass is 344 g/mol. The predicted octanol–water partition coefficient (Wildman–Crippen LogP) is 1.97. The van der Waals surface area contributed by atoms with Crippen molar-refractivity contribution in [1.29, 1.82) is 0 Å². The average molecular weight is 344 g/mol. The van der Waals surface area contributed by atoms with E-state index < -0.39 is 0 Å². The van der Waals surface area contributed by atoms with Crippen LogP contribution >= 0.6 is 0 Å². The lowest BCUT2D eigenvalue weighted by Gasteiger charge is -2.25.